The van der Waals surface area contributed by atoms with Gasteiger partial charge in [-0.25, -0.2) is 4.98 Å². The fourth-order valence-corrected chi connectivity index (χ4v) is 5.96. The lowest BCUT2D eigenvalue weighted by atomic mass is 9.71. The molecule has 5 heterocycles. The minimum Gasteiger partial charge on any atom is -0.355 e. The van der Waals surface area contributed by atoms with E-state index in [1.54, 1.807) is 28.5 Å². The van der Waals surface area contributed by atoms with Crippen LogP contribution in [0.3, 0.4) is 0 Å². The smallest absolute Gasteiger partial charge is 0.255 e. The molecular formula is C27H21BN6OS. The molecule has 174 valence electrons. The SMILES string of the molecule is [B]N1CC2(C1)CN(C(=O)c1ccc(-c3ccc4nccc(Nc5ccc6scnc6c5)c4c3)nc1)C2. The van der Waals surface area contributed by atoms with Gasteiger partial charge in [0.05, 0.1) is 32.5 Å². The molecule has 0 atom stereocenters. The maximum atomic E-state index is 12.9. The molecule has 0 aliphatic carbocycles. The van der Waals surface area contributed by atoms with Gasteiger partial charge >= 0.3 is 0 Å². The van der Waals surface area contributed by atoms with Crippen molar-refractivity contribution < 1.29 is 4.79 Å². The van der Waals surface area contributed by atoms with Crippen LogP contribution >= 0.6 is 11.3 Å². The summed E-state index contributed by atoms with van der Waals surface area (Å²) in [4.78, 5) is 30.1. The topological polar surface area (TPSA) is 74.2 Å². The van der Waals surface area contributed by atoms with Crippen molar-refractivity contribution in [2.45, 2.75) is 0 Å². The quantitative estimate of drug-likeness (QED) is 0.376. The van der Waals surface area contributed by atoms with E-state index < -0.39 is 0 Å². The van der Waals surface area contributed by atoms with Crippen molar-refractivity contribution in [3.8, 4) is 11.3 Å². The third-order valence-electron chi connectivity index (χ3n) is 7.07. The van der Waals surface area contributed by atoms with Crippen LogP contribution in [-0.2, 0) is 0 Å². The molecule has 1 spiro atoms. The van der Waals surface area contributed by atoms with Crippen LogP contribution in [0.5, 0.6) is 0 Å². The van der Waals surface area contributed by atoms with Gasteiger partial charge in [0.25, 0.3) is 5.91 Å². The average molecular weight is 488 g/mol. The van der Waals surface area contributed by atoms with Crippen LogP contribution in [0.25, 0.3) is 32.4 Å². The molecule has 2 saturated heterocycles. The summed E-state index contributed by atoms with van der Waals surface area (Å²) in [6.45, 7) is 3.26. The number of likely N-dealkylation sites (tertiary alicyclic amines) is 1. The molecular weight excluding hydrogens is 467 g/mol. The third-order valence-corrected chi connectivity index (χ3v) is 7.88. The van der Waals surface area contributed by atoms with E-state index in [4.69, 9.17) is 7.98 Å². The molecule has 2 aliphatic rings. The Morgan fingerprint density at radius 3 is 2.64 bits per heavy atom. The predicted molar refractivity (Wildman–Crippen MR) is 144 cm³/mol. The molecule has 2 aromatic carbocycles. The van der Waals surface area contributed by atoms with E-state index in [-0.39, 0.29) is 11.3 Å². The number of aromatic nitrogens is 3. The zero-order chi connectivity index (χ0) is 24.3. The highest BCUT2D eigenvalue weighted by Crippen LogP contribution is 2.39. The van der Waals surface area contributed by atoms with Crippen molar-refractivity contribution in [2.75, 3.05) is 31.5 Å². The van der Waals surface area contributed by atoms with Crippen molar-refractivity contribution in [1.82, 2.24) is 24.7 Å². The largest absolute Gasteiger partial charge is 0.355 e. The summed E-state index contributed by atoms with van der Waals surface area (Å²) in [5.74, 6) is 0.0291. The summed E-state index contributed by atoms with van der Waals surface area (Å²) in [6, 6.07) is 18.0. The molecule has 7 nitrogen and oxygen atoms in total. The van der Waals surface area contributed by atoms with E-state index in [1.807, 2.05) is 40.7 Å². The van der Waals surface area contributed by atoms with Crippen molar-refractivity contribution >= 4 is 57.7 Å². The summed E-state index contributed by atoms with van der Waals surface area (Å²) in [5.41, 5.74) is 8.25. The molecule has 0 unspecified atom stereocenters. The van der Waals surface area contributed by atoms with Crippen LogP contribution in [0.2, 0.25) is 0 Å². The number of hydrogen-bond acceptors (Lipinski definition) is 7. The molecule has 5 aromatic rings. The molecule has 0 saturated carbocycles. The van der Waals surface area contributed by atoms with E-state index >= 15 is 0 Å². The average Bonchev–Trinajstić information content (AvgIpc) is 3.33. The number of nitrogens with zero attached hydrogens (tertiary/aromatic N) is 5. The number of nitrogens with one attached hydrogen (secondary N) is 1. The van der Waals surface area contributed by atoms with Gasteiger partial charge in [-0.2, -0.15) is 0 Å². The Hall–Kier alpha value is -3.82. The van der Waals surface area contributed by atoms with Gasteiger partial charge in [-0.1, -0.05) is 6.07 Å². The molecule has 2 fully saturated rings. The lowest BCUT2D eigenvalue weighted by Gasteiger charge is -2.60. The fourth-order valence-electron chi connectivity index (χ4n) is 5.30. The van der Waals surface area contributed by atoms with Gasteiger partial charge in [0.15, 0.2) is 7.98 Å². The minimum absolute atomic E-state index is 0.0291. The van der Waals surface area contributed by atoms with Crippen molar-refractivity contribution in [3.63, 3.8) is 0 Å². The first-order valence-corrected chi connectivity index (χ1v) is 12.7. The van der Waals surface area contributed by atoms with E-state index in [1.165, 1.54) is 0 Å². The number of carbonyl (C=O) groups is 1. The van der Waals surface area contributed by atoms with Crippen molar-refractivity contribution in [1.29, 1.82) is 0 Å². The molecule has 1 N–H and O–H groups in total. The van der Waals surface area contributed by atoms with Crippen LogP contribution in [0.4, 0.5) is 11.4 Å². The Labute approximate surface area is 213 Å². The number of rotatable bonds is 4. The maximum Gasteiger partial charge on any atom is 0.255 e. The van der Waals surface area contributed by atoms with Gasteiger partial charge in [-0.15, -0.1) is 11.3 Å². The zero-order valence-electron chi connectivity index (χ0n) is 19.4. The summed E-state index contributed by atoms with van der Waals surface area (Å²) >= 11 is 1.63. The standard InChI is InChI=1S/C27H21BN6OS/c28-34-14-27(15-34)12-33(13-27)26(35)18-2-4-21(30-11-18)17-1-5-22-20(9-17)23(7-8-29-22)32-19-3-6-25-24(10-19)31-16-36-25/h1-11,16H,12-15H2,(H,29,32). The normalized spacial score (nSPS) is 16.7. The Morgan fingerprint density at radius 1 is 0.944 bits per heavy atom. The highest BCUT2D eigenvalue weighted by atomic mass is 32.1. The van der Waals surface area contributed by atoms with E-state index in [0.29, 0.717) is 5.56 Å². The molecule has 9 heteroatoms. The third kappa shape index (κ3) is 3.63. The number of hydrogen-bond donors (Lipinski definition) is 1. The van der Waals surface area contributed by atoms with Gasteiger partial charge in [-0.3, -0.25) is 14.8 Å². The monoisotopic (exact) mass is 488 g/mol. The Kier molecular flexibility index (Phi) is 4.84. The minimum atomic E-state index is 0.0291. The first-order valence-electron chi connectivity index (χ1n) is 11.8. The van der Waals surface area contributed by atoms with Gasteiger partial charge < -0.3 is 15.0 Å². The first kappa shape index (κ1) is 21.5. The fraction of sp³-hybridized carbons (Fsp3) is 0.185. The Bertz CT molecular complexity index is 1620. The summed E-state index contributed by atoms with van der Waals surface area (Å²) in [5, 5.41) is 4.51. The lowest BCUT2D eigenvalue weighted by Crippen LogP contribution is -2.72. The van der Waals surface area contributed by atoms with Crippen LogP contribution in [-0.4, -0.2) is 64.7 Å². The highest BCUT2D eigenvalue weighted by molar-refractivity contribution is 7.16. The summed E-state index contributed by atoms with van der Waals surface area (Å²) in [6.07, 6.45) is 3.48. The van der Waals surface area contributed by atoms with Crippen molar-refractivity contribution in [2.24, 2.45) is 5.41 Å². The molecule has 3 aromatic heterocycles. The van der Waals surface area contributed by atoms with Gasteiger partial charge in [0, 0.05) is 53.2 Å². The van der Waals surface area contributed by atoms with Crippen molar-refractivity contribution in [3.05, 3.63) is 78.1 Å². The Morgan fingerprint density at radius 2 is 1.83 bits per heavy atom. The number of benzene rings is 2. The zero-order valence-corrected chi connectivity index (χ0v) is 20.2. The van der Waals surface area contributed by atoms with Gasteiger partial charge in [0.1, 0.15) is 0 Å². The van der Waals surface area contributed by atoms with Gasteiger partial charge in [-0.05, 0) is 61.6 Å². The number of amides is 1. The Balaban J connectivity index is 1.13. The maximum absolute atomic E-state index is 12.9. The van der Waals surface area contributed by atoms with E-state index in [0.717, 1.165) is 69.9 Å². The molecule has 0 bridgehead atoms. The second-order valence-electron chi connectivity index (χ2n) is 9.75. The lowest BCUT2D eigenvalue weighted by molar-refractivity contribution is -0.0633. The van der Waals surface area contributed by atoms with E-state index in [2.05, 4.69) is 44.5 Å². The second kappa shape index (κ2) is 8.11. The summed E-state index contributed by atoms with van der Waals surface area (Å²) in [7, 11) is 5.78. The first-order chi connectivity index (χ1) is 17.6. The van der Waals surface area contributed by atoms with Crippen LogP contribution in [0.1, 0.15) is 10.4 Å². The molecule has 2 aliphatic heterocycles. The summed E-state index contributed by atoms with van der Waals surface area (Å²) < 4.78 is 1.16. The second-order valence-corrected chi connectivity index (χ2v) is 10.6. The van der Waals surface area contributed by atoms with Crippen LogP contribution in [0, 0.1) is 5.41 Å². The van der Waals surface area contributed by atoms with Crippen LogP contribution in [0.15, 0.2) is 72.5 Å². The number of pyridine rings is 2. The number of fused-ring (bicyclic) bond motifs is 2. The predicted octanol–water partition coefficient (Wildman–Crippen LogP) is 4.49. The van der Waals surface area contributed by atoms with Crippen LogP contribution < -0.4 is 5.32 Å². The molecule has 2 radical (unpaired) electrons. The van der Waals surface area contributed by atoms with Gasteiger partial charge in [0.2, 0.25) is 0 Å². The number of thiazole rings is 1. The van der Waals surface area contributed by atoms with E-state index in [9.17, 15) is 4.79 Å². The number of anilines is 2. The molecule has 7 rings (SSSR count). The molecule has 36 heavy (non-hydrogen) atoms. The number of carbonyl (C=O) groups excluding carboxylic acids is 1. The highest BCUT2D eigenvalue weighted by Gasteiger charge is 2.51. The molecule has 1 amide bonds.